The zero-order chi connectivity index (χ0) is 58.6. The van der Waals surface area contributed by atoms with Crippen LogP contribution in [0.1, 0.15) is 51.4 Å². The number of ether oxygens (including phenoxy) is 2. The Labute approximate surface area is 462 Å². The number of ketones is 1. The van der Waals surface area contributed by atoms with Crippen LogP contribution >= 0.6 is 0 Å². The molecule has 0 aromatic heterocycles. The fourth-order valence-corrected chi connectivity index (χ4v) is 8.24. The molecule has 1 aliphatic heterocycles. The second-order valence-electron chi connectivity index (χ2n) is 19.2. The molecule has 8 rings (SSSR count). The molecule has 2 unspecified atom stereocenters. The molecule has 0 radical (unpaired) electrons. The normalized spacial score (nSPS) is 13.6. The van der Waals surface area contributed by atoms with Crippen molar-refractivity contribution in [1.29, 1.82) is 0 Å². The Hall–Kier alpha value is -7.52. The summed E-state index contributed by atoms with van der Waals surface area (Å²) in [7, 11) is 0. The number of nitrogens with zero attached hydrogens (tertiary/aromatic N) is 2. The molecule has 0 aliphatic carbocycles. The smallest absolute Gasteiger partial charge is 0.416 e. The number of nitrogens with one attached hydrogen (secondary N) is 2. The maximum atomic E-state index is 13.1. The Morgan fingerprint density at radius 3 is 1.38 bits per heavy atom. The number of alkyl halides is 11. The summed E-state index contributed by atoms with van der Waals surface area (Å²) in [5.74, 6) is -2.46. The minimum Gasteiger partial charge on any atom is -0.491 e. The van der Waals surface area contributed by atoms with Crippen LogP contribution in [0.3, 0.4) is 0 Å². The highest BCUT2D eigenvalue weighted by molar-refractivity contribution is 5.82. The number of carbonyl (C=O) groups excluding carboxylic acids is 1. The summed E-state index contributed by atoms with van der Waals surface area (Å²) in [4.78, 5) is 16.2. The molecule has 9 nitrogen and oxygen atoms in total. The number of aliphatic hydroxyl groups is 2. The molecule has 81 heavy (non-hydrogen) atoms. The van der Waals surface area contributed by atoms with Crippen molar-refractivity contribution in [3.05, 3.63) is 226 Å². The number of hydrogen-bond donors (Lipinski definition) is 4. The zero-order valence-electron chi connectivity index (χ0n) is 43.9. The molecule has 432 valence electrons. The Kier molecular flexibility index (Phi) is 22.6. The summed E-state index contributed by atoms with van der Waals surface area (Å²) in [6.45, 7) is 4.41. The number of carbonyl (C=O) groups is 1. The Balaban J connectivity index is 0.000000197. The molecule has 0 saturated carbocycles. The van der Waals surface area contributed by atoms with Gasteiger partial charge in [0.05, 0.1) is 29.3 Å². The van der Waals surface area contributed by atoms with Crippen molar-refractivity contribution in [3.63, 3.8) is 0 Å². The quantitative estimate of drug-likeness (QED) is 0.0524. The van der Waals surface area contributed by atoms with Gasteiger partial charge in [0, 0.05) is 69.7 Å². The predicted octanol–water partition coefficient (Wildman–Crippen LogP) is 13.6. The first-order valence-electron chi connectivity index (χ1n) is 25.6. The summed E-state index contributed by atoms with van der Waals surface area (Å²) in [5, 5.41) is 26.1. The monoisotopic (exact) mass is 1140 g/mol. The van der Waals surface area contributed by atoms with Crippen LogP contribution in [0.4, 0.5) is 59.7 Å². The summed E-state index contributed by atoms with van der Waals surface area (Å²) >= 11 is 0. The van der Waals surface area contributed by atoms with Gasteiger partial charge in [-0.25, -0.2) is 8.78 Å². The van der Waals surface area contributed by atoms with Gasteiger partial charge in [-0.2, -0.15) is 39.5 Å². The SMILES string of the molecule is CC(F)(F)c1ccc(NCC(O)CNc2ccc(C(F)(F)F)cc2)cc1.O=C(COc1ccc(C(F)(F)F)cc1)CN1CCc2ccccc2C1.OC(COc1ccc(C(F)(F)F)cc1)CN(Cc1ccccc1)Cc1ccccc1. The molecule has 4 N–H and O–H groups in total. The average Bonchev–Trinajstić information content (AvgIpc) is 3.47. The highest BCUT2D eigenvalue weighted by Crippen LogP contribution is 2.33. The van der Waals surface area contributed by atoms with E-state index in [0.29, 0.717) is 36.8 Å². The van der Waals surface area contributed by atoms with Gasteiger partial charge in [0.2, 0.25) is 0 Å². The number of rotatable bonds is 21. The Morgan fingerprint density at radius 1 is 0.531 bits per heavy atom. The second-order valence-corrected chi connectivity index (χ2v) is 19.2. The van der Waals surface area contributed by atoms with Crippen molar-refractivity contribution in [2.75, 3.05) is 56.6 Å². The van der Waals surface area contributed by atoms with Crippen LogP contribution in [0.15, 0.2) is 182 Å². The van der Waals surface area contributed by atoms with Gasteiger partial charge < -0.3 is 30.3 Å². The highest BCUT2D eigenvalue weighted by atomic mass is 19.4. The third-order valence-corrected chi connectivity index (χ3v) is 12.5. The minimum absolute atomic E-state index is 0.00849. The van der Waals surface area contributed by atoms with Gasteiger partial charge in [0.25, 0.3) is 5.92 Å². The molecule has 7 aromatic carbocycles. The molecule has 0 fully saturated rings. The topological polar surface area (TPSA) is 107 Å². The maximum absolute atomic E-state index is 13.1. The van der Waals surface area contributed by atoms with E-state index < -0.39 is 53.3 Å². The van der Waals surface area contributed by atoms with E-state index in [-0.39, 0.29) is 49.9 Å². The van der Waals surface area contributed by atoms with E-state index in [0.717, 1.165) is 74.0 Å². The first-order valence-corrected chi connectivity index (χ1v) is 25.6. The lowest BCUT2D eigenvalue weighted by atomic mass is 10.00. The van der Waals surface area contributed by atoms with Crippen LogP contribution in [0.5, 0.6) is 11.5 Å². The lowest BCUT2D eigenvalue weighted by Crippen LogP contribution is -2.36. The fraction of sp³-hybridized carbons (Fsp3) is 0.295. The number of anilines is 2. The molecule has 0 spiro atoms. The third-order valence-electron chi connectivity index (χ3n) is 12.5. The number of Topliss-reactive ketones (excluding diaryl/α,β-unsaturated/α-hetero) is 1. The standard InChI is InChI=1S/C24H24F3NO2.C19H18F3NO2.C18H19F5N2O/c25-24(26,27)21-11-13-23(14-12-21)30-18-22(29)17-28(15-19-7-3-1-4-8-19)16-20-9-5-2-6-10-20;20-19(21,22)16-5-7-18(8-6-16)25-13-17(24)12-23-10-9-14-3-1-2-4-15(14)11-23;1-17(19,20)12-2-6-14(7-3-12)24-10-16(26)11-25-15-8-4-13(5-9-15)18(21,22)23/h1-14,22,29H,15-18H2;1-8H,9-13H2;2-9,16,24-26H,10-11H2,1H3. The lowest BCUT2D eigenvalue weighted by molar-refractivity contribution is -0.138. The largest absolute Gasteiger partial charge is 0.491 e. The fourth-order valence-electron chi connectivity index (χ4n) is 8.24. The predicted molar refractivity (Wildman–Crippen MR) is 288 cm³/mol. The molecular weight excluding hydrogens is 1080 g/mol. The first kappa shape index (κ1) is 62.7. The van der Waals surface area contributed by atoms with E-state index in [1.165, 1.54) is 71.8 Å². The molecule has 20 heteroatoms. The molecule has 1 heterocycles. The van der Waals surface area contributed by atoms with Crippen molar-refractivity contribution in [2.45, 2.75) is 69.6 Å². The van der Waals surface area contributed by atoms with Gasteiger partial charge in [-0.15, -0.1) is 0 Å². The van der Waals surface area contributed by atoms with Gasteiger partial charge in [-0.3, -0.25) is 14.6 Å². The van der Waals surface area contributed by atoms with E-state index in [1.807, 2.05) is 72.8 Å². The van der Waals surface area contributed by atoms with E-state index in [1.54, 1.807) is 0 Å². The summed E-state index contributed by atoms with van der Waals surface area (Å²) in [5.41, 5.74) is 3.51. The number of fused-ring (bicyclic) bond motifs is 1. The van der Waals surface area contributed by atoms with Crippen LogP contribution in [0, 0.1) is 0 Å². The molecule has 1 aliphatic rings. The molecule has 7 aromatic rings. The number of benzene rings is 7. The van der Waals surface area contributed by atoms with Crippen molar-refractivity contribution in [2.24, 2.45) is 0 Å². The van der Waals surface area contributed by atoms with Crippen molar-refractivity contribution in [3.8, 4) is 11.5 Å². The Morgan fingerprint density at radius 2 is 0.938 bits per heavy atom. The van der Waals surface area contributed by atoms with Crippen LogP contribution in [0.2, 0.25) is 0 Å². The van der Waals surface area contributed by atoms with Gasteiger partial charge in [-0.05, 0) is 114 Å². The highest BCUT2D eigenvalue weighted by Gasteiger charge is 2.32. The average molecular weight is 1140 g/mol. The zero-order valence-corrected chi connectivity index (χ0v) is 43.9. The molecule has 0 saturated heterocycles. The van der Waals surface area contributed by atoms with Gasteiger partial charge >= 0.3 is 18.5 Å². The first-order chi connectivity index (χ1) is 38.4. The maximum Gasteiger partial charge on any atom is 0.416 e. The molecule has 0 bridgehead atoms. The van der Waals surface area contributed by atoms with Gasteiger partial charge in [-0.1, -0.05) is 97.1 Å². The lowest BCUT2D eigenvalue weighted by Gasteiger charge is -2.28. The van der Waals surface area contributed by atoms with Gasteiger partial charge in [0.1, 0.15) is 30.8 Å². The van der Waals surface area contributed by atoms with Crippen LogP contribution in [-0.4, -0.2) is 83.9 Å². The van der Waals surface area contributed by atoms with Gasteiger partial charge in [0.15, 0.2) is 5.78 Å². The molecule has 2 atom stereocenters. The number of hydrogen-bond acceptors (Lipinski definition) is 9. The van der Waals surface area contributed by atoms with E-state index in [2.05, 4.69) is 32.6 Å². The third kappa shape index (κ3) is 21.8. The van der Waals surface area contributed by atoms with Crippen LogP contribution in [-0.2, 0) is 55.3 Å². The number of aliphatic hydroxyl groups excluding tert-OH is 2. The van der Waals surface area contributed by atoms with E-state index in [4.69, 9.17) is 9.47 Å². The summed E-state index contributed by atoms with van der Waals surface area (Å²) in [6.07, 6.45) is -13.9. The van der Waals surface area contributed by atoms with E-state index in [9.17, 15) is 63.3 Å². The van der Waals surface area contributed by atoms with Crippen molar-refractivity contribution in [1.82, 2.24) is 9.80 Å². The summed E-state index contributed by atoms with van der Waals surface area (Å²) in [6, 6.07) is 47.0. The van der Waals surface area contributed by atoms with Crippen LogP contribution < -0.4 is 20.1 Å². The summed E-state index contributed by atoms with van der Waals surface area (Å²) < 4.78 is 150. The molecular formula is C61H61F11N4O5. The van der Waals surface area contributed by atoms with E-state index >= 15 is 0 Å². The Bertz CT molecular complexity index is 2860. The van der Waals surface area contributed by atoms with Crippen LogP contribution in [0.25, 0.3) is 0 Å². The van der Waals surface area contributed by atoms with Crippen molar-refractivity contribution >= 4 is 17.2 Å². The molecule has 0 amide bonds. The second kappa shape index (κ2) is 29.3. The minimum atomic E-state index is -4.39. The number of halogens is 11. The van der Waals surface area contributed by atoms with Crippen molar-refractivity contribution < 1.29 is 72.8 Å².